The number of esters is 1. The van der Waals surface area contributed by atoms with Gasteiger partial charge in [-0.3, -0.25) is 0 Å². The highest BCUT2D eigenvalue weighted by Crippen LogP contribution is 2.24. The molecule has 0 aliphatic heterocycles. The number of hydrogen-bond donors (Lipinski definition) is 0. The molecule has 0 aliphatic carbocycles. The van der Waals surface area contributed by atoms with Crippen molar-refractivity contribution in [2.24, 2.45) is 0 Å². The van der Waals surface area contributed by atoms with Crippen molar-refractivity contribution in [2.45, 2.75) is 77.4 Å². The molecule has 0 bridgehead atoms. The Balaban J connectivity index is 3.48. The number of ether oxygens (including phenoxy) is 1. The largest absolute Gasteiger partial charge is 0.462 e. The summed E-state index contributed by atoms with van der Waals surface area (Å²) in [5.41, 5.74) is 0.479. The third-order valence-corrected chi connectivity index (χ3v) is 9.04. The van der Waals surface area contributed by atoms with Gasteiger partial charge in [-0.15, -0.1) is 0 Å². The molecule has 3 nitrogen and oxygen atoms in total. The number of hydrogen-bond acceptors (Lipinski definition) is 3. The van der Waals surface area contributed by atoms with E-state index in [0.29, 0.717) is 12.2 Å². The summed E-state index contributed by atoms with van der Waals surface area (Å²) in [6.07, 6.45) is 7.19. The zero-order chi connectivity index (χ0) is 16.1. The van der Waals surface area contributed by atoms with Crippen LogP contribution in [0, 0.1) is 0 Å². The van der Waals surface area contributed by atoms with Crippen molar-refractivity contribution < 1.29 is 14.0 Å². The predicted octanol–water partition coefficient (Wildman–Crippen LogP) is 5.08. The monoisotopic (exact) mass is 314 g/mol. The first-order chi connectivity index (χ1) is 10.0. The highest BCUT2D eigenvalue weighted by atomic mass is 28.4. The van der Waals surface area contributed by atoms with Gasteiger partial charge in [-0.05, 0) is 31.5 Å². The highest BCUT2D eigenvalue weighted by Gasteiger charge is 2.28. The average Bonchev–Trinajstić information content (AvgIpc) is 2.49. The van der Waals surface area contributed by atoms with Gasteiger partial charge in [0.2, 0.25) is 0 Å². The summed E-state index contributed by atoms with van der Waals surface area (Å²) < 4.78 is 10.9. The molecular weight excluding hydrogens is 280 g/mol. The molecule has 0 saturated carbocycles. The summed E-state index contributed by atoms with van der Waals surface area (Å²) in [7, 11) is 0.507. The SMILES string of the molecule is C=C(C)C(=O)OCCCCCCCC[Si](CC)(CC)OC. The van der Waals surface area contributed by atoms with Crippen LogP contribution in [0.4, 0.5) is 0 Å². The summed E-state index contributed by atoms with van der Waals surface area (Å²) in [4.78, 5) is 11.2. The van der Waals surface area contributed by atoms with E-state index < -0.39 is 8.32 Å². The van der Waals surface area contributed by atoms with Crippen LogP contribution in [0.2, 0.25) is 18.1 Å². The quantitative estimate of drug-likeness (QED) is 0.206. The Labute approximate surface area is 132 Å². The molecule has 0 aromatic heterocycles. The fourth-order valence-electron chi connectivity index (χ4n) is 2.54. The summed E-state index contributed by atoms with van der Waals surface area (Å²) in [6, 6.07) is 3.76. The molecule has 21 heavy (non-hydrogen) atoms. The van der Waals surface area contributed by atoms with Gasteiger partial charge in [-0.1, -0.05) is 52.5 Å². The van der Waals surface area contributed by atoms with Crippen LogP contribution in [0.25, 0.3) is 0 Å². The van der Waals surface area contributed by atoms with Gasteiger partial charge in [0, 0.05) is 12.7 Å². The molecule has 0 amide bonds. The molecule has 0 aromatic carbocycles. The maximum atomic E-state index is 11.2. The fourth-order valence-corrected chi connectivity index (χ4v) is 5.42. The summed E-state index contributed by atoms with van der Waals surface area (Å²) in [5, 5.41) is 0. The molecule has 4 heteroatoms. The molecular formula is C17H34O3Si. The third kappa shape index (κ3) is 9.09. The second kappa shape index (κ2) is 12.0. The molecule has 0 fully saturated rings. The lowest BCUT2D eigenvalue weighted by atomic mass is 10.1. The first kappa shape index (κ1) is 20.4. The standard InChI is InChI=1S/C17H34O3Si/c1-6-21(7-2,19-5)15-13-11-9-8-10-12-14-20-17(18)16(3)4/h3,6-15H2,1-2,4-5H3. The number of unbranched alkanes of at least 4 members (excludes halogenated alkanes) is 5. The van der Waals surface area contributed by atoms with Crippen LogP contribution in [0.1, 0.15) is 59.3 Å². The van der Waals surface area contributed by atoms with E-state index in [1.807, 2.05) is 7.11 Å². The van der Waals surface area contributed by atoms with Crippen molar-refractivity contribution in [1.82, 2.24) is 0 Å². The minimum atomic E-state index is -1.39. The molecule has 0 aromatic rings. The van der Waals surface area contributed by atoms with Gasteiger partial charge >= 0.3 is 5.97 Å². The molecule has 0 heterocycles. The second-order valence-corrected chi connectivity index (χ2v) is 10.6. The lowest BCUT2D eigenvalue weighted by Crippen LogP contribution is -2.34. The Morgan fingerprint density at radius 3 is 2.00 bits per heavy atom. The van der Waals surface area contributed by atoms with E-state index in [1.54, 1.807) is 6.92 Å². The van der Waals surface area contributed by atoms with Crippen LogP contribution in [-0.4, -0.2) is 28.0 Å². The van der Waals surface area contributed by atoms with E-state index in [1.165, 1.54) is 43.8 Å². The van der Waals surface area contributed by atoms with E-state index in [4.69, 9.17) is 9.16 Å². The van der Waals surface area contributed by atoms with Crippen molar-refractivity contribution in [3.8, 4) is 0 Å². The van der Waals surface area contributed by atoms with Gasteiger partial charge < -0.3 is 9.16 Å². The van der Waals surface area contributed by atoms with Gasteiger partial charge in [-0.25, -0.2) is 4.79 Å². The highest BCUT2D eigenvalue weighted by molar-refractivity contribution is 6.73. The lowest BCUT2D eigenvalue weighted by molar-refractivity contribution is -0.139. The zero-order valence-corrected chi connectivity index (χ0v) is 15.5. The van der Waals surface area contributed by atoms with Crippen LogP contribution in [0.5, 0.6) is 0 Å². The van der Waals surface area contributed by atoms with Crippen LogP contribution >= 0.6 is 0 Å². The molecule has 0 N–H and O–H groups in total. The van der Waals surface area contributed by atoms with Gasteiger partial charge in [0.25, 0.3) is 0 Å². The average molecular weight is 315 g/mol. The summed E-state index contributed by atoms with van der Waals surface area (Å²) in [6.45, 7) is 10.3. The Hall–Kier alpha value is -0.613. The Morgan fingerprint density at radius 1 is 1.00 bits per heavy atom. The molecule has 0 unspecified atom stereocenters. The number of carbonyl (C=O) groups is 1. The fraction of sp³-hybridized carbons (Fsp3) is 0.824. The van der Waals surface area contributed by atoms with Crippen molar-refractivity contribution in [3.05, 3.63) is 12.2 Å². The number of rotatable bonds is 13. The molecule has 0 spiro atoms. The molecule has 0 atom stereocenters. The predicted molar refractivity (Wildman–Crippen MR) is 92.0 cm³/mol. The van der Waals surface area contributed by atoms with Crippen LogP contribution in [0.15, 0.2) is 12.2 Å². The minimum absolute atomic E-state index is 0.269. The van der Waals surface area contributed by atoms with Gasteiger partial charge in [0.1, 0.15) is 0 Å². The normalized spacial score (nSPS) is 11.4. The smallest absolute Gasteiger partial charge is 0.333 e. The van der Waals surface area contributed by atoms with E-state index in [9.17, 15) is 4.79 Å². The molecule has 0 rings (SSSR count). The molecule has 0 saturated heterocycles. The van der Waals surface area contributed by atoms with Crippen molar-refractivity contribution in [3.63, 3.8) is 0 Å². The van der Waals surface area contributed by atoms with E-state index in [-0.39, 0.29) is 5.97 Å². The topological polar surface area (TPSA) is 35.5 Å². The van der Waals surface area contributed by atoms with Gasteiger partial charge in [0.15, 0.2) is 8.32 Å². The molecule has 0 aliphatic rings. The van der Waals surface area contributed by atoms with E-state index in [2.05, 4.69) is 20.4 Å². The first-order valence-electron chi connectivity index (χ1n) is 8.39. The molecule has 124 valence electrons. The van der Waals surface area contributed by atoms with Crippen LogP contribution in [-0.2, 0) is 14.0 Å². The third-order valence-electron chi connectivity index (χ3n) is 4.33. The lowest BCUT2D eigenvalue weighted by Gasteiger charge is -2.27. The summed E-state index contributed by atoms with van der Waals surface area (Å²) in [5.74, 6) is -0.269. The first-order valence-corrected chi connectivity index (χ1v) is 10.9. The Morgan fingerprint density at radius 2 is 1.52 bits per heavy atom. The Kier molecular flexibility index (Phi) is 11.6. The second-order valence-electron chi connectivity index (χ2n) is 5.88. The minimum Gasteiger partial charge on any atom is -0.462 e. The van der Waals surface area contributed by atoms with Gasteiger partial charge in [-0.2, -0.15) is 0 Å². The zero-order valence-electron chi connectivity index (χ0n) is 14.5. The van der Waals surface area contributed by atoms with Crippen LogP contribution in [0.3, 0.4) is 0 Å². The van der Waals surface area contributed by atoms with Crippen molar-refractivity contribution >= 4 is 14.3 Å². The number of carbonyl (C=O) groups excluding carboxylic acids is 1. The Bertz CT molecular complexity index is 290. The van der Waals surface area contributed by atoms with E-state index >= 15 is 0 Å². The van der Waals surface area contributed by atoms with Crippen LogP contribution < -0.4 is 0 Å². The van der Waals surface area contributed by atoms with Crippen molar-refractivity contribution in [1.29, 1.82) is 0 Å². The molecule has 0 radical (unpaired) electrons. The van der Waals surface area contributed by atoms with Crippen molar-refractivity contribution in [2.75, 3.05) is 13.7 Å². The van der Waals surface area contributed by atoms with E-state index in [0.717, 1.165) is 12.8 Å². The van der Waals surface area contributed by atoms with Gasteiger partial charge in [0.05, 0.1) is 6.61 Å². The maximum absolute atomic E-state index is 11.2. The maximum Gasteiger partial charge on any atom is 0.333 e. The summed E-state index contributed by atoms with van der Waals surface area (Å²) >= 11 is 0.